The highest BCUT2D eigenvalue weighted by Crippen LogP contribution is 2.24. The zero-order chi connectivity index (χ0) is 20.8. The Balaban J connectivity index is 1.60. The maximum Gasteiger partial charge on any atom is 0.338 e. The quantitative estimate of drug-likeness (QED) is 0.601. The Labute approximate surface area is 171 Å². The summed E-state index contributed by atoms with van der Waals surface area (Å²) < 4.78 is 5.24. The summed E-state index contributed by atoms with van der Waals surface area (Å²) in [6, 6.07) is 15.9. The molecule has 1 aromatic heterocycles. The van der Waals surface area contributed by atoms with Crippen molar-refractivity contribution in [2.45, 2.75) is 20.0 Å². The maximum atomic E-state index is 12.4. The fourth-order valence-corrected chi connectivity index (χ4v) is 3.21. The van der Waals surface area contributed by atoms with Crippen molar-refractivity contribution in [1.29, 1.82) is 0 Å². The number of hydrogen-bond acceptors (Lipinski definition) is 6. The summed E-state index contributed by atoms with van der Waals surface area (Å²) in [5, 5.41) is 7.52. The first-order chi connectivity index (χ1) is 13.9. The second-order valence-corrected chi connectivity index (χ2v) is 7.06. The summed E-state index contributed by atoms with van der Waals surface area (Å²) in [6.45, 7) is 2.86. The van der Waals surface area contributed by atoms with Crippen LogP contribution < -0.4 is 10.6 Å². The van der Waals surface area contributed by atoms with Gasteiger partial charge in [-0.15, -0.1) is 11.3 Å². The zero-order valence-electron chi connectivity index (χ0n) is 15.8. The molecule has 148 valence electrons. The van der Waals surface area contributed by atoms with E-state index in [1.54, 1.807) is 18.2 Å². The van der Waals surface area contributed by atoms with Crippen LogP contribution in [0.2, 0.25) is 0 Å². The van der Waals surface area contributed by atoms with Crippen LogP contribution in [-0.2, 0) is 14.3 Å². The molecule has 3 aromatic rings. The molecule has 0 saturated carbocycles. The van der Waals surface area contributed by atoms with E-state index in [4.69, 9.17) is 4.74 Å². The number of nitrogens with one attached hydrogen (secondary N) is 2. The molecule has 7 nitrogen and oxygen atoms in total. The van der Waals surface area contributed by atoms with Gasteiger partial charge in [0.05, 0.1) is 11.3 Å². The number of hydrogen-bond donors (Lipinski definition) is 2. The van der Waals surface area contributed by atoms with Crippen LogP contribution in [0.3, 0.4) is 0 Å². The van der Waals surface area contributed by atoms with E-state index >= 15 is 0 Å². The van der Waals surface area contributed by atoms with Gasteiger partial charge in [0, 0.05) is 23.6 Å². The van der Waals surface area contributed by atoms with Gasteiger partial charge < -0.3 is 10.1 Å². The molecule has 0 bridgehead atoms. The first kappa shape index (κ1) is 20.2. The molecular formula is C21H19N3O4S. The number of aromatic nitrogens is 1. The van der Waals surface area contributed by atoms with E-state index < -0.39 is 18.0 Å². The zero-order valence-corrected chi connectivity index (χ0v) is 16.7. The highest BCUT2D eigenvalue weighted by molar-refractivity contribution is 7.14. The molecule has 2 amide bonds. The van der Waals surface area contributed by atoms with E-state index in [-0.39, 0.29) is 11.5 Å². The number of thiazole rings is 1. The van der Waals surface area contributed by atoms with Crippen molar-refractivity contribution in [1.82, 2.24) is 4.98 Å². The van der Waals surface area contributed by atoms with Crippen LogP contribution in [0.25, 0.3) is 11.3 Å². The average Bonchev–Trinajstić information content (AvgIpc) is 3.16. The number of benzene rings is 2. The second-order valence-electron chi connectivity index (χ2n) is 6.20. The number of amides is 2. The summed E-state index contributed by atoms with van der Waals surface area (Å²) in [6.07, 6.45) is -1.02. The lowest BCUT2D eigenvalue weighted by molar-refractivity contribution is -0.123. The van der Waals surface area contributed by atoms with Crippen molar-refractivity contribution in [3.8, 4) is 11.3 Å². The van der Waals surface area contributed by atoms with Gasteiger partial charge in [0.1, 0.15) is 0 Å². The number of anilines is 2. The monoisotopic (exact) mass is 409 g/mol. The lowest BCUT2D eigenvalue weighted by atomic mass is 10.2. The van der Waals surface area contributed by atoms with Crippen molar-refractivity contribution >= 4 is 39.9 Å². The van der Waals surface area contributed by atoms with Crippen LogP contribution >= 0.6 is 11.3 Å². The Morgan fingerprint density at radius 2 is 1.79 bits per heavy atom. The third-order valence-corrected chi connectivity index (χ3v) is 4.63. The molecule has 0 aliphatic heterocycles. The van der Waals surface area contributed by atoms with Gasteiger partial charge >= 0.3 is 5.97 Å². The summed E-state index contributed by atoms with van der Waals surface area (Å²) in [5.41, 5.74) is 2.41. The predicted molar refractivity (Wildman–Crippen MR) is 112 cm³/mol. The molecule has 29 heavy (non-hydrogen) atoms. The van der Waals surface area contributed by atoms with E-state index in [2.05, 4.69) is 15.6 Å². The van der Waals surface area contributed by atoms with Crippen molar-refractivity contribution in [3.05, 3.63) is 65.5 Å². The number of nitrogens with zero attached hydrogens (tertiary/aromatic N) is 1. The molecule has 0 fully saturated rings. The molecule has 0 unspecified atom stereocenters. The molecule has 0 aliphatic rings. The van der Waals surface area contributed by atoms with Gasteiger partial charge in [0.15, 0.2) is 11.2 Å². The van der Waals surface area contributed by atoms with E-state index in [1.807, 2.05) is 35.7 Å². The fraction of sp³-hybridized carbons (Fsp3) is 0.143. The minimum Gasteiger partial charge on any atom is -0.449 e. The molecule has 1 heterocycles. The largest absolute Gasteiger partial charge is 0.449 e. The topological polar surface area (TPSA) is 97.4 Å². The molecule has 3 rings (SSSR count). The number of ether oxygens (including phenoxy) is 1. The van der Waals surface area contributed by atoms with Crippen LogP contribution in [0.15, 0.2) is 60.0 Å². The molecule has 2 aromatic carbocycles. The number of esters is 1. The van der Waals surface area contributed by atoms with Gasteiger partial charge in [0.2, 0.25) is 5.91 Å². The Hall–Kier alpha value is -3.52. The van der Waals surface area contributed by atoms with Crippen LogP contribution in [0, 0.1) is 0 Å². The molecule has 1 atom stereocenters. The first-order valence-corrected chi connectivity index (χ1v) is 9.71. The van der Waals surface area contributed by atoms with Gasteiger partial charge in [-0.25, -0.2) is 9.78 Å². The van der Waals surface area contributed by atoms with Crippen molar-refractivity contribution < 1.29 is 19.1 Å². The smallest absolute Gasteiger partial charge is 0.338 e. The predicted octanol–water partition coefficient (Wildman–Crippen LogP) is 3.95. The van der Waals surface area contributed by atoms with Gasteiger partial charge in [0.25, 0.3) is 5.91 Å². The van der Waals surface area contributed by atoms with Crippen molar-refractivity contribution in [3.63, 3.8) is 0 Å². The van der Waals surface area contributed by atoms with Crippen LogP contribution in [0.5, 0.6) is 0 Å². The Bertz CT molecular complexity index is 1030. The Morgan fingerprint density at radius 3 is 2.52 bits per heavy atom. The van der Waals surface area contributed by atoms with Crippen molar-refractivity contribution in [2.75, 3.05) is 10.6 Å². The second kappa shape index (κ2) is 9.11. The van der Waals surface area contributed by atoms with E-state index in [0.29, 0.717) is 10.8 Å². The fourth-order valence-electron chi connectivity index (χ4n) is 2.49. The summed E-state index contributed by atoms with van der Waals surface area (Å²) in [7, 11) is 0. The minimum absolute atomic E-state index is 0.233. The lowest BCUT2D eigenvalue weighted by Gasteiger charge is -2.13. The molecule has 2 N–H and O–H groups in total. The van der Waals surface area contributed by atoms with Gasteiger partial charge in [-0.1, -0.05) is 36.4 Å². The molecular weight excluding hydrogens is 390 g/mol. The average molecular weight is 409 g/mol. The molecule has 0 saturated heterocycles. The van der Waals surface area contributed by atoms with E-state index in [0.717, 1.165) is 11.3 Å². The Morgan fingerprint density at radius 1 is 1.03 bits per heavy atom. The number of carbonyl (C=O) groups is 3. The molecule has 8 heteroatoms. The summed E-state index contributed by atoms with van der Waals surface area (Å²) >= 11 is 1.29. The highest BCUT2D eigenvalue weighted by atomic mass is 32.1. The number of carbonyl (C=O) groups excluding carboxylic acids is 3. The third kappa shape index (κ3) is 5.49. The van der Waals surface area contributed by atoms with Crippen molar-refractivity contribution in [2.24, 2.45) is 0 Å². The van der Waals surface area contributed by atoms with Crippen LogP contribution in [0.1, 0.15) is 24.2 Å². The van der Waals surface area contributed by atoms with E-state index in [9.17, 15) is 14.4 Å². The van der Waals surface area contributed by atoms with Crippen LogP contribution in [-0.4, -0.2) is 28.9 Å². The summed E-state index contributed by atoms with van der Waals surface area (Å²) in [4.78, 5) is 40.2. The SMILES string of the molecule is CC(=O)Nc1cccc(C(=O)O[C@@H](C)C(=O)Nc2nc(-c3ccccc3)cs2)c1. The molecule has 0 aliphatic carbocycles. The Kier molecular flexibility index (Phi) is 6.36. The molecule has 0 spiro atoms. The van der Waals surface area contributed by atoms with Gasteiger partial charge in [-0.05, 0) is 25.1 Å². The van der Waals surface area contributed by atoms with Gasteiger partial charge in [-0.3, -0.25) is 14.9 Å². The summed E-state index contributed by atoms with van der Waals surface area (Å²) in [5.74, 6) is -1.39. The first-order valence-electron chi connectivity index (χ1n) is 8.83. The maximum absolute atomic E-state index is 12.4. The van der Waals surface area contributed by atoms with Crippen LogP contribution in [0.4, 0.5) is 10.8 Å². The standard InChI is InChI=1S/C21H19N3O4S/c1-13(28-20(27)16-9-6-10-17(11-16)22-14(2)25)19(26)24-21-23-18(12-29-21)15-7-4-3-5-8-15/h3-13H,1-2H3,(H,22,25)(H,23,24,26)/t13-/m0/s1. The number of rotatable bonds is 6. The van der Waals surface area contributed by atoms with E-state index in [1.165, 1.54) is 31.3 Å². The minimum atomic E-state index is -1.02. The molecule has 0 radical (unpaired) electrons. The van der Waals surface area contributed by atoms with Gasteiger partial charge in [-0.2, -0.15) is 0 Å². The highest BCUT2D eigenvalue weighted by Gasteiger charge is 2.20. The third-order valence-electron chi connectivity index (χ3n) is 3.88. The normalized spacial score (nSPS) is 11.4. The lowest BCUT2D eigenvalue weighted by Crippen LogP contribution is -2.30.